The van der Waals surface area contributed by atoms with Gasteiger partial charge in [-0.25, -0.2) is 0 Å². The quantitative estimate of drug-likeness (QED) is 0.804. The molecule has 2 atom stereocenters. The van der Waals surface area contributed by atoms with Crippen LogP contribution in [0.4, 0.5) is 5.69 Å². The fourth-order valence-electron chi connectivity index (χ4n) is 5.43. The maximum absolute atomic E-state index is 13.2. The van der Waals surface area contributed by atoms with Crippen LogP contribution >= 0.6 is 0 Å². The third kappa shape index (κ3) is 3.59. The molecule has 29 heavy (non-hydrogen) atoms. The molecule has 0 bridgehead atoms. The normalized spacial score (nSPS) is 24.8. The fourth-order valence-corrected chi connectivity index (χ4v) is 5.43. The van der Waals surface area contributed by atoms with E-state index in [1.54, 1.807) is 0 Å². The molecule has 0 saturated carbocycles. The Morgan fingerprint density at radius 1 is 1.10 bits per heavy atom. The van der Waals surface area contributed by atoms with Gasteiger partial charge < -0.3 is 9.47 Å². The van der Waals surface area contributed by atoms with Gasteiger partial charge in [-0.15, -0.1) is 10.2 Å². The smallest absolute Gasteiger partial charge is 0.241 e. The molecule has 3 aliphatic heterocycles. The van der Waals surface area contributed by atoms with Gasteiger partial charge in [-0.2, -0.15) is 0 Å². The molecule has 6 heteroatoms. The first-order chi connectivity index (χ1) is 14.2. The maximum Gasteiger partial charge on any atom is 0.241 e. The van der Waals surface area contributed by atoms with E-state index < -0.39 is 0 Å². The van der Waals surface area contributed by atoms with E-state index in [0.29, 0.717) is 12.5 Å². The molecule has 0 N–H and O–H groups in total. The molecule has 154 valence electrons. The van der Waals surface area contributed by atoms with Crippen LogP contribution in [0.3, 0.4) is 0 Å². The lowest BCUT2D eigenvalue weighted by Crippen LogP contribution is -2.46. The monoisotopic (exact) mass is 393 g/mol. The van der Waals surface area contributed by atoms with Gasteiger partial charge in [0.15, 0.2) is 0 Å². The number of likely N-dealkylation sites (tertiary alicyclic amines) is 1. The Bertz CT molecular complexity index is 891. The summed E-state index contributed by atoms with van der Waals surface area (Å²) in [5.74, 6) is 2.93. The van der Waals surface area contributed by atoms with Crippen LogP contribution < -0.4 is 4.90 Å². The highest BCUT2D eigenvalue weighted by Gasteiger charge is 2.33. The molecule has 0 aliphatic carbocycles. The van der Waals surface area contributed by atoms with E-state index in [9.17, 15) is 4.79 Å². The Labute approximate surface area is 172 Å². The number of rotatable bonds is 3. The number of fused-ring (bicyclic) bond motifs is 2. The number of amides is 1. The summed E-state index contributed by atoms with van der Waals surface area (Å²) >= 11 is 0. The summed E-state index contributed by atoms with van der Waals surface area (Å²) < 4.78 is 2.38. The van der Waals surface area contributed by atoms with Crippen LogP contribution in [-0.2, 0) is 24.2 Å². The molecule has 0 unspecified atom stereocenters. The molecule has 1 amide bonds. The van der Waals surface area contributed by atoms with Crippen molar-refractivity contribution in [1.82, 2.24) is 19.7 Å². The summed E-state index contributed by atoms with van der Waals surface area (Å²) in [6.07, 6.45) is 7.99. The summed E-state index contributed by atoms with van der Waals surface area (Å²) in [6, 6.07) is 8.57. The molecule has 6 nitrogen and oxygen atoms in total. The first-order valence-electron chi connectivity index (χ1n) is 11.2. The van der Waals surface area contributed by atoms with Gasteiger partial charge in [0.2, 0.25) is 5.91 Å². The number of hydrogen-bond donors (Lipinski definition) is 0. The number of aryl methyl sites for hydroxylation is 1. The van der Waals surface area contributed by atoms with Crippen molar-refractivity contribution in [2.45, 2.75) is 70.4 Å². The molecule has 5 rings (SSSR count). The molecule has 2 aromatic rings. The second kappa shape index (κ2) is 7.90. The van der Waals surface area contributed by atoms with Gasteiger partial charge in [-0.3, -0.25) is 9.69 Å². The standard InChI is InChI=1S/C23H31N5O/c1-17-14-18-8-4-5-10-20(18)28(17)22(29)16-26-12-7-9-19(15-26)23-25-24-21-11-3-2-6-13-27(21)23/h4-5,8,10,17,19H,2-3,6-7,9,11-16H2,1H3/t17-,19-/m0/s1. The summed E-state index contributed by atoms with van der Waals surface area (Å²) in [7, 11) is 0. The number of benzene rings is 1. The number of anilines is 1. The number of aromatic nitrogens is 3. The van der Waals surface area contributed by atoms with Crippen molar-refractivity contribution in [1.29, 1.82) is 0 Å². The van der Waals surface area contributed by atoms with Crippen LogP contribution in [0.25, 0.3) is 0 Å². The summed E-state index contributed by atoms with van der Waals surface area (Å²) in [5.41, 5.74) is 2.39. The number of nitrogens with zero attached hydrogens (tertiary/aromatic N) is 5. The van der Waals surface area contributed by atoms with Crippen LogP contribution in [0, 0.1) is 0 Å². The van der Waals surface area contributed by atoms with E-state index in [1.165, 1.54) is 24.8 Å². The van der Waals surface area contributed by atoms with Crippen molar-refractivity contribution in [3.8, 4) is 0 Å². The number of carbonyl (C=O) groups is 1. The van der Waals surface area contributed by atoms with Crippen molar-refractivity contribution in [2.75, 3.05) is 24.5 Å². The zero-order valence-corrected chi connectivity index (χ0v) is 17.4. The summed E-state index contributed by atoms with van der Waals surface area (Å²) in [6.45, 7) is 5.61. The van der Waals surface area contributed by atoms with Crippen molar-refractivity contribution in [3.63, 3.8) is 0 Å². The van der Waals surface area contributed by atoms with E-state index in [-0.39, 0.29) is 11.9 Å². The number of piperidine rings is 1. The molecule has 0 radical (unpaired) electrons. The Morgan fingerprint density at radius 2 is 2.00 bits per heavy atom. The van der Waals surface area contributed by atoms with Crippen LogP contribution in [0.2, 0.25) is 0 Å². The van der Waals surface area contributed by atoms with Gasteiger partial charge in [0, 0.05) is 37.2 Å². The van der Waals surface area contributed by atoms with Gasteiger partial charge >= 0.3 is 0 Å². The van der Waals surface area contributed by atoms with E-state index in [4.69, 9.17) is 0 Å². The molecule has 0 spiro atoms. The first-order valence-corrected chi connectivity index (χ1v) is 11.2. The molecular formula is C23H31N5O. The van der Waals surface area contributed by atoms with Gasteiger partial charge in [-0.05, 0) is 57.2 Å². The van der Waals surface area contributed by atoms with Gasteiger partial charge in [0.1, 0.15) is 11.6 Å². The highest BCUT2D eigenvalue weighted by atomic mass is 16.2. The first kappa shape index (κ1) is 18.8. The second-order valence-corrected chi connectivity index (χ2v) is 8.96. The molecule has 1 saturated heterocycles. The Hall–Kier alpha value is -2.21. The van der Waals surface area contributed by atoms with E-state index in [0.717, 1.165) is 62.7 Å². The molecular weight excluding hydrogens is 362 g/mol. The second-order valence-electron chi connectivity index (χ2n) is 8.96. The van der Waals surface area contributed by atoms with Gasteiger partial charge in [0.05, 0.1) is 6.54 Å². The minimum atomic E-state index is 0.225. The van der Waals surface area contributed by atoms with Crippen molar-refractivity contribution in [2.24, 2.45) is 0 Å². The topological polar surface area (TPSA) is 54.3 Å². The molecule has 3 aliphatic rings. The summed E-state index contributed by atoms with van der Waals surface area (Å²) in [5, 5.41) is 9.08. The van der Waals surface area contributed by atoms with Crippen molar-refractivity contribution >= 4 is 11.6 Å². The van der Waals surface area contributed by atoms with Crippen LogP contribution in [0.15, 0.2) is 24.3 Å². The number of hydrogen-bond acceptors (Lipinski definition) is 4. The van der Waals surface area contributed by atoms with Crippen LogP contribution in [-0.4, -0.2) is 51.2 Å². The zero-order chi connectivity index (χ0) is 19.8. The average molecular weight is 394 g/mol. The van der Waals surface area contributed by atoms with Crippen molar-refractivity contribution < 1.29 is 4.79 Å². The number of carbonyl (C=O) groups excluding carboxylic acids is 1. The predicted octanol–water partition coefficient (Wildman–Crippen LogP) is 3.16. The Balaban J connectivity index is 1.28. The maximum atomic E-state index is 13.2. The predicted molar refractivity (Wildman–Crippen MR) is 113 cm³/mol. The molecule has 1 aromatic heterocycles. The van der Waals surface area contributed by atoms with E-state index in [1.807, 2.05) is 11.0 Å². The molecule has 1 aromatic carbocycles. The lowest BCUT2D eigenvalue weighted by molar-refractivity contribution is -0.120. The fraction of sp³-hybridized carbons (Fsp3) is 0.609. The summed E-state index contributed by atoms with van der Waals surface area (Å²) in [4.78, 5) is 17.6. The van der Waals surface area contributed by atoms with Crippen molar-refractivity contribution in [3.05, 3.63) is 41.5 Å². The average Bonchev–Trinajstić information content (AvgIpc) is 3.19. The largest absolute Gasteiger partial charge is 0.315 e. The number of para-hydroxylation sites is 1. The third-order valence-electron chi connectivity index (χ3n) is 6.84. The highest BCUT2D eigenvalue weighted by Crippen LogP contribution is 2.33. The van der Waals surface area contributed by atoms with Gasteiger partial charge in [-0.1, -0.05) is 24.6 Å². The SMILES string of the molecule is C[C@H]1Cc2ccccc2N1C(=O)CN1CCC[C@H](c2nnc3n2CCCCC3)C1. The Kier molecular flexibility index (Phi) is 5.12. The minimum Gasteiger partial charge on any atom is -0.315 e. The third-order valence-corrected chi connectivity index (χ3v) is 6.84. The molecule has 1 fully saturated rings. The molecule has 4 heterocycles. The minimum absolute atomic E-state index is 0.225. The van der Waals surface area contributed by atoms with Crippen LogP contribution in [0.5, 0.6) is 0 Å². The van der Waals surface area contributed by atoms with Crippen LogP contribution in [0.1, 0.15) is 62.2 Å². The lowest BCUT2D eigenvalue weighted by atomic mass is 9.97. The van der Waals surface area contributed by atoms with Gasteiger partial charge in [0.25, 0.3) is 0 Å². The zero-order valence-electron chi connectivity index (χ0n) is 17.4. The lowest BCUT2D eigenvalue weighted by Gasteiger charge is -2.33. The highest BCUT2D eigenvalue weighted by molar-refractivity contribution is 5.97. The Morgan fingerprint density at radius 3 is 2.93 bits per heavy atom. The van der Waals surface area contributed by atoms with E-state index >= 15 is 0 Å². The van der Waals surface area contributed by atoms with E-state index in [2.05, 4.69) is 44.8 Å².